The normalized spacial score (nSPS) is 20.3. The fraction of sp³-hybridized carbons (Fsp3) is 0.545. The minimum atomic E-state index is -4.39. The van der Waals surface area contributed by atoms with E-state index in [2.05, 4.69) is 17.3 Å². The predicted molar refractivity (Wildman–Crippen MR) is 63.0 cm³/mol. The molecule has 0 amide bonds. The molecule has 7 heteroatoms. The van der Waals surface area contributed by atoms with Crippen molar-refractivity contribution in [1.82, 2.24) is 4.98 Å². The number of nitrogens with one attached hydrogen (secondary N) is 1. The lowest BCUT2D eigenvalue weighted by Gasteiger charge is -2.19. The first-order valence-electron chi connectivity index (χ1n) is 5.71. The number of hydrazine groups is 1. The molecule has 1 saturated heterocycles. The number of pyridine rings is 1. The standard InChI is InChI=1S/C11H15F3N4/c1-7-2-3-18(6-7)10-5-8(11(12,13)14)4-9(16-10)17-15/h4-5,7H,2-3,6,15H2,1H3,(H,16,17). The Morgan fingerprint density at radius 1 is 1.44 bits per heavy atom. The molecule has 1 atom stereocenters. The first-order valence-corrected chi connectivity index (χ1v) is 5.71. The highest BCUT2D eigenvalue weighted by Crippen LogP contribution is 2.33. The van der Waals surface area contributed by atoms with Crippen LogP contribution in [0.25, 0.3) is 0 Å². The van der Waals surface area contributed by atoms with Crippen molar-refractivity contribution >= 4 is 11.6 Å². The van der Waals surface area contributed by atoms with Gasteiger partial charge in [0.15, 0.2) is 0 Å². The fourth-order valence-corrected chi connectivity index (χ4v) is 2.06. The zero-order chi connectivity index (χ0) is 13.3. The van der Waals surface area contributed by atoms with E-state index >= 15 is 0 Å². The molecule has 0 saturated carbocycles. The highest BCUT2D eigenvalue weighted by Gasteiger charge is 2.32. The third-order valence-electron chi connectivity index (χ3n) is 3.03. The molecule has 1 aliphatic heterocycles. The van der Waals surface area contributed by atoms with Crippen molar-refractivity contribution in [2.45, 2.75) is 19.5 Å². The van der Waals surface area contributed by atoms with Crippen molar-refractivity contribution in [3.05, 3.63) is 17.7 Å². The maximum absolute atomic E-state index is 12.7. The van der Waals surface area contributed by atoms with Gasteiger partial charge in [-0.1, -0.05) is 6.92 Å². The van der Waals surface area contributed by atoms with Gasteiger partial charge in [0.1, 0.15) is 11.6 Å². The maximum Gasteiger partial charge on any atom is 0.416 e. The molecule has 0 bridgehead atoms. The molecule has 2 rings (SSSR count). The molecule has 0 radical (unpaired) electrons. The average molecular weight is 260 g/mol. The maximum atomic E-state index is 12.7. The van der Waals surface area contributed by atoms with Crippen molar-refractivity contribution in [3.8, 4) is 0 Å². The Labute approximate surface area is 103 Å². The van der Waals surface area contributed by atoms with E-state index in [1.807, 2.05) is 4.90 Å². The second-order valence-corrected chi connectivity index (χ2v) is 4.58. The van der Waals surface area contributed by atoms with Crippen molar-refractivity contribution in [1.29, 1.82) is 0 Å². The largest absolute Gasteiger partial charge is 0.416 e. The monoisotopic (exact) mass is 260 g/mol. The molecule has 1 aliphatic rings. The lowest BCUT2D eigenvalue weighted by atomic mass is 10.2. The molecule has 1 fully saturated rings. The summed E-state index contributed by atoms with van der Waals surface area (Å²) in [6.07, 6.45) is -3.43. The Kier molecular flexibility index (Phi) is 3.34. The summed E-state index contributed by atoms with van der Waals surface area (Å²) in [6.45, 7) is 3.51. The van der Waals surface area contributed by atoms with Gasteiger partial charge in [0, 0.05) is 13.1 Å². The van der Waals surface area contributed by atoms with Gasteiger partial charge in [-0.05, 0) is 24.5 Å². The minimum absolute atomic E-state index is 0.0272. The number of nitrogens with two attached hydrogens (primary N) is 1. The first kappa shape index (κ1) is 12.9. The van der Waals surface area contributed by atoms with Crippen LogP contribution < -0.4 is 16.2 Å². The number of nitrogens with zero attached hydrogens (tertiary/aromatic N) is 2. The number of hydrogen-bond acceptors (Lipinski definition) is 4. The van der Waals surface area contributed by atoms with E-state index in [0.29, 0.717) is 11.7 Å². The molecular formula is C11H15F3N4. The van der Waals surface area contributed by atoms with Gasteiger partial charge < -0.3 is 10.3 Å². The molecule has 0 aromatic carbocycles. The summed E-state index contributed by atoms with van der Waals surface area (Å²) < 4.78 is 38.2. The first-order chi connectivity index (χ1) is 8.40. The van der Waals surface area contributed by atoms with E-state index in [4.69, 9.17) is 5.84 Å². The van der Waals surface area contributed by atoms with Gasteiger partial charge in [0.05, 0.1) is 5.56 Å². The van der Waals surface area contributed by atoms with Crippen LogP contribution in [0.4, 0.5) is 24.8 Å². The number of halogens is 3. The molecule has 1 unspecified atom stereocenters. The second-order valence-electron chi connectivity index (χ2n) is 4.58. The van der Waals surface area contributed by atoms with Gasteiger partial charge in [-0.25, -0.2) is 10.8 Å². The molecule has 4 nitrogen and oxygen atoms in total. The Balaban J connectivity index is 2.35. The van der Waals surface area contributed by atoms with Crippen molar-refractivity contribution in [3.63, 3.8) is 0 Å². The van der Waals surface area contributed by atoms with Crippen LogP contribution in [0.5, 0.6) is 0 Å². The zero-order valence-electron chi connectivity index (χ0n) is 9.96. The summed E-state index contributed by atoms with van der Waals surface area (Å²) in [5, 5.41) is 0. The molecule has 100 valence electrons. The van der Waals surface area contributed by atoms with Gasteiger partial charge in [0.25, 0.3) is 0 Å². The number of aromatic nitrogens is 1. The summed E-state index contributed by atoms with van der Waals surface area (Å²) in [5.74, 6) is 5.98. The molecule has 0 spiro atoms. The second kappa shape index (κ2) is 4.64. The van der Waals surface area contributed by atoms with Crippen LogP contribution in [0.3, 0.4) is 0 Å². The average Bonchev–Trinajstić information content (AvgIpc) is 2.74. The van der Waals surface area contributed by atoms with Crippen LogP contribution in [-0.4, -0.2) is 18.1 Å². The predicted octanol–water partition coefficient (Wildman–Crippen LogP) is 2.23. The summed E-state index contributed by atoms with van der Waals surface area (Å²) in [6, 6.07) is 1.97. The van der Waals surface area contributed by atoms with Crippen LogP contribution in [0.15, 0.2) is 12.1 Å². The summed E-state index contributed by atoms with van der Waals surface area (Å²) in [4.78, 5) is 5.92. The van der Waals surface area contributed by atoms with Crippen LogP contribution in [0, 0.1) is 5.92 Å². The Bertz CT molecular complexity index is 433. The molecule has 1 aromatic rings. The lowest BCUT2D eigenvalue weighted by molar-refractivity contribution is -0.137. The molecule has 18 heavy (non-hydrogen) atoms. The Morgan fingerprint density at radius 2 is 2.17 bits per heavy atom. The molecule has 1 aromatic heterocycles. The SMILES string of the molecule is CC1CCN(c2cc(C(F)(F)F)cc(NN)n2)C1. The van der Waals surface area contributed by atoms with E-state index in [1.54, 1.807) is 0 Å². The minimum Gasteiger partial charge on any atom is -0.356 e. The number of alkyl halides is 3. The third kappa shape index (κ3) is 2.66. The number of anilines is 2. The van der Waals surface area contributed by atoms with Crippen LogP contribution in [-0.2, 0) is 6.18 Å². The van der Waals surface area contributed by atoms with E-state index in [1.165, 1.54) is 0 Å². The van der Waals surface area contributed by atoms with Gasteiger partial charge in [-0.3, -0.25) is 0 Å². The van der Waals surface area contributed by atoms with Crippen molar-refractivity contribution in [2.75, 3.05) is 23.4 Å². The van der Waals surface area contributed by atoms with E-state index < -0.39 is 11.7 Å². The number of nitrogen functional groups attached to an aromatic ring is 1. The summed E-state index contributed by atoms with van der Waals surface area (Å²) >= 11 is 0. The third-order valence-corrected chi connectivity index (χ3v) is 3.03. The summed E-state index contributed by atoms with van der Waals surface area (Å²) in [5.41, 5.74) is 1.44. The summed E-state index contributed by atoms with van der Waals surface area (Å²) in [7, 11) is 0. The highest BCUT2D eigenvalue weighted by molar-refractivity contribution is 5.51. The van der Waals surface area contributed by atoms with Gasteiger partial charge in [0.2, 0.25) is 0 Å². The Hall–Kier alpha value is -1.50. The van der Waals surface area contributed by atoms with Gasteiger partial charge >= 0.3 is 6.18 Å². The lowest BCUT2D eigenvalue weighted by Crippen LogP contribution is -2.22. The quantitative estimate of drug-likeness (QED) is 0.632. The zero-order valence-corrected chi connectivity index (χ0v) is 9.96. The fourth-order valence-electron chi connectivity index (χ4n) is 2.06. The molecule has 3 N–H and O–H groups in total. The van der Waals surface area contributed by atoms with Crippen LogP contribution in [0.1, 0.15) is 18.9 Å². The molecular weight excluding hydrogens is 245 g/mol. The number of rotatable bonds is 2. The smallest absolute Gasteiger partial charge is 0.356 e. The van der Waals surface area contributed by atoms with Crippen LogP contribution in [0.2, 0.25) is 0 Å². The van der Waals surface area contributed by atoms with Gasteiger partial charge in [-0.15, -0.1) is 0 Å². The topological polar surface area (TPSA) is 54.2 Å². The Morgan fingerprint density at radius 3 is 2.67 bits per heavy atom. The molecule has 0 aliphatic carbocycles. The van der Waals surface area contributed by atoms with E-state index in [0.717, 1.165) is 31.6 Å². The molecule has 2 heterocycles. The van der Waals surface area contributed by atoms with Crippen molar-refractivity contribution < 1.29 is 13.2 Å². The van der Waals surface area contributed by atoms with Gasteiger partial charge in [-0.2, -0.15) is 13.2 Å². The van der Waals surface area contributed by atoms with E-state index in [-0.39, 0.29) is 5.82 Å². The van der Waals surface area contributed by atoms with E-state index in [9.17, 15) is 13.2 Å². The van der Waals surface area contributed by atoms with Crippen LogP contribution >= 0.6 is 0 Å². The van der Waals surface area contributed by atoms with Crippen molar-refractivity contribution in [2.24, 2.45) is 11.8 Å². The number of hydrogen-bond donors (Lipinski definition) is 2. The highest BCUT2D eigenvalue weighted by atomic mass is 19.4.